The molecule has 2 rings (SSSR count). The molecule has 0 saturated carbocycles. The van der Waals surface area contributed by atoms with Crippen molar-refractivity contribution in [1.29, 1.82) is 0 Å². The van der Waals surface area contributed by atoms with Crippen molar-refractivity contribution in [2.45, 2.75) is 39.0 Å². The Morgan fingerprint density at radius 3 is 2.71 bits per heavy atom. The molecule has 0 spiro atoms. The topological polar surface area (TPSA) is 6.25 Å². The third kappa shape index (κ3) is 2.50. The third-order valence-electron chi connectivity index (χ3n) is 3.30. The van der Waals surface area contributed by atoms with Crippen LogP contribution in [-0.4, -0.2) is 41.5 Å². The number of hydrogen-bond acceptors (Lipinski definition) is 1. The molecule has 0 radical (unpaired) electrons. The Bertz CT molecular complexity index is 213. The second-order valence-electron chi connectivity index (χ2n) is 4.15. The van der Waals surface area contributed by atoms with E-state index in [0.29, 0.717) is 0 Å². The maximum absolute atomic E-state index is 2.62. The fourth-order valence-corrected chi connectivity index (χ4v) is 2.57. The second-order valence-corrected chi connectivity index (χ2v) is 4.15. The summed E-state index contributed by atoms with van der Waals surface area (Å²) in [5.41, 5.74) is 0. The quantitative estimate of drug-likeness (QED) is 0.532. The first kappa shape index (κ1) is 12.0. The van der Waals surface area contributed by atoms with Gasteiger partial charge in [-0.2, -0.15) is 0 Å². The first-order valence-corrected chi connectivity index (χ1v) is 5.77. The van der Waals surface area contributed by atoms with E-state index in [-0.39, 0.29) is 17.0 Å². The number of amidine groups is 1. The minimum atomic E-state index is 0. The summed E-state index contributed by atoms with van der Waals surface area (Å²) in [7, 11) is 0. The predicted octanol–water partition coefficient (Wildman–Crippen LogP) is -1.30. The Balaban J connectivity index is 0.000000980. The molecule has 0 aromatic carbocycles. The molecule has 2 nitrogen and oxygen atoms in total. The number of hydrogen-bond donors (Lipinski definition) is 0. The summed E-state index contributed by atoms with van der Waals surface area (Å²) in [4.78, 5) is 2.58. The van der Waals surface area contributed by atoms with Crippen molar-refractivity contribution in [3.63, 3.8) is 0 Å². The van der Waals surface area contributed by atoms with E-state index < -0.39 is 0 Å². The van der Waals surface area contributed by atoms with Gasteiger partial charge < -0.3 is 17.0 Å². The summed E-state index contributed by atoms with van der Waals surface area (Å²) in [6.45, 7) is 7.40. The lowest BCUT2D eigenvalue weighted by molar-refractivity contribution is -0.538. The maximum atomic E-state index is 2.62. The Kier molecular flexibility index (Phi) is 4.93. The average molecular weight is 261 g/mol. The Labute approximate surface area is 97.8 Å². The fourth-order valence-electron chi connectivity index (χ4n) is 2.57. The highest BCUT2D eigenvalue weighted by Gasteiger charge is 2.26. The summed E-state index contributed by atoms with van der Waals surface area (Å²) in [6.07, 6.45) is 6.92. The van der Waals surface area contributed by atoms with E-state index >= 15 is 0 Å². The van der Waals surface area contributed by atoms with E-state index in [1.54, 1.807) is 5.84 Å². The van der Waals surface area contributed by atoms with Crippen LogP contribution in [0.2, 0.25) is 0 Å². The number of rotatable bonds is 1. The lowest BCUT2D eigenvalue weighted by Crippen LogP contribution is -3.00. The van der Waals surface area contributed by atoms with E-state index in [2.05, 4.69) is 16.4 Å². The van der Waals surface area contributed by atoms with Gasteiger partial charge in [-0.3, -0.25) is 9.48 Å². The van der Waals surface area contributed by atoms with Gasteiger partial charge in [0.1, 0.15) is 0 Å². The van der Waals surface area contributed by atoms with E-state index in [9.17, 15) is 0 Å². The van der Waals surface area contributed by atoms with Crippen molar-refractivity contribution in [2.24, 2.45) is 0 Å². The molecule has 14 heavy (non-hydrogen) atoms. The van der Waals surface area contributed by atoms with Gasteiger partial charge in [-0.25, -0.2) is 0 Å². The van der Waals surface area contributed by atoms with Crippen LogP contribution in [-0.2, 0) is 0 Å². The van der Waals surface area contributed by atoms with Crippen LogP contribution in [0.25, 0.3) is 0 Å². The highest BCUT2D eigenvalue weighted by Crippen LogP contribution is 2.14. The smallest absolute Gasteiger partial charge is 0.246 e. The van der Waals surface area contributed by atoms with Crippen LogP contribution in [0.1, 0.15) is 39.0 Å². The molecule has 0 aromatic rings. The summed E-state index contributed by atoms with van der Waals surface area (Å²) in [5.74, 6) is 1.64. The van der Waals surface area contributed by atoms with E-state index in [1.165, 1.54) is 58.3 Å². The standard InChI is InChI=1S/C11H21N2.BrH/c1-2-12-9-6-10-13-8-5-3-4-7-11(12)13;/h2-10H2,1H3;1H/q+1;/p-1. The molecule has 2 aliphatic rings. The zero-order valence-electron chi connectivity index (χ0n) is 9.14. The highest BCUT2D eigenvalue weighted by atomic mass is 79.9. The van der Waals surface area contributed by atoms with Crippen LogP contribution >= 0.6 is 0 Å². The second kappa shape index (κ2) is 5.74. The molecule has 3 heteroatoms. The van der Waals surface area contributed by atoms with Crippen LogP contribution in [0.15, 0.2) is 0 Å². The largest absolute Gasteiger partial charge is 1.00 e. The van der Waals surface area contributed by atoms with Crippen molar-refractivity contribution in [3.05, 3.63) is 0 Å². The van der Waals surface area contributed by atoms with Gasteiger partial charge >= 0.3 is 0 Å². The van der Waals surface area contributed by atoms with Gasteiger partial charge in [0.2, 0.25) is 5.84 Å². The molecular weight excluding hydrogens is 240 g/mol. The normalized spacial score (nSPS) is 22.5. The summed E-state index contributed by atoms with van der Waals surface area (Å²) >= 11 is 0. The monoisotopic (exact) mass is 260 g/mol. The molecule has 82 valence electrons. The summed E-state index contributed by atoms with van der Waals surface area (Å²) in [5, 5.41) is 0. The molecule has 0 N–H and O–H groups in total. The Morgan fingerprint density at radius 2 is 1.93 bits per heavy atom. The van der Waals surface area contributed by atoms with Crippen LogP contribution in [0.4, 0.5) is 0 Å². The molecule has 0 amide bonds. The van der Waals surface area contributed by atoms with E-state index in [0.717, 1.165) is 0 Å². The third-order valence-corrected chi connectivity index (χ3v) is 3.30. The zero-order chi connectivity index (χ0) is 9.10. The molecule has 0 unspecified atom stereocenters. The van der Waals surface area contributed by atoms with Crippen LogP contribution in [0.3, 0.4) is 0 Å². The molecule has 0 aliphatic carbocycles. The van der Waals surface area contributed by atoms with E-state index in [1.807, 2.05) is 0 Å². The van der Waals surface area contributed by atoms with Crippen molar-refractivity contribution < 1.29 is 21.6 Å². The number of halogens is 1. The van der Waals surface area contributed by atoms with Crippen LogP contribution < -0.4 is 17.0 Å². The predicted molar refractivity (Wildman–Crippen MR) is 55.3 cm³/mol. The minimum Gasteiger partial charge on any atom is -1.00 e. The zero-order valence-corrected chi connectivity index (χ0v) is 10.7. The van der Waals surface area contributed by atoms with Gasteiger partial charge in [-0.15, -0.1) is 0 Å². The molecule has 2 heterocycles. The fraction of sp³-hybridized carbons (Fsp3) is 0.909. The lowest BCUT2D eigenvalue weighted by Gasteiger charge is -2.25. The molecular formula is C11H21BrN2. The minimum absolute atomic E-state index is 0. The number of nitrogens with zero attached hydrogens (tertiary/aromatic N) is 2. The van der Waals surface area contributed by atoms with Crippen LogP contribution in [0.5, 0.6) is 0 Å². The van der Waals surface area contributed by atoms with Gasteiger partial charge in [0.25, 0.3) is 0 Å². The summed E-state index contributed by atoms with van der Waals surface area (Å²) in [6, 6.07) is 0. The molecule has 0 aromatic heterocycles. The molecule has 0 fully saturated rings. The first-order chi connectivity index (χ1) is 6.42. The van der Waals surface area contributed by atoms with Gasteiger partial charge in [0, 0.05) is 12.8 Å². The molecule has 2 aliphatic heterocycles. The Morgan fingerprint density at radius 1 is 1.14 bits per heavy atom. The van der Waals surface area contributed by atoms with Gasteiger partial charge in [-0.1, -0.05) is 0 Å². The highest BCUT2D eigenvalue weighted by molar-refractivity contribution is 5.77. The van der Waals surface area contributed by atoms with Crippen molar-refractivity contribution in [1.82, 2.24) is 4.90 Å². The summed E-state index contributed by atoms with van der Waals surface area (Å²) < 4.78 is 2.62. The SMILES string of the molecule is CCN1CCC[N+]2=C1CCCCC2.[Br-]. The van der Waals surface area contributed by atoms with Crippen molar-refractivity contribution in [2.75, 3.05) is 26.2 Å². The van der Waals surface area contributed by atoms with E-state index in [4.69, 9.17) is 0 Å². The van der Waals surface area contributed by atoms with Gasteiger partial charge in [0.05, 0.1) is 26.2 Å². The lowest BCUT2D eigenvalue weighted by atomic mass is 10.2. The first-order valence-electron chi connectivity index (χ1n) is 5.77. The maximum Gasteiger partial charge on any atom is 0.246 e. The van der Waals surface area contributed by atoms with Gasteiger partial charge in [-0.05, 0) is 26.2 Å². The van der Waals surface area contributed by atoms with Crippen LogP contribution in [0, 0.1) is 0 Å². The molecule has 0 bridgehead atoms. The molecule has 0 atom stereocenters. The van der Waals surface area contributed by atoms with Gasteiger partial charge in [0.15, 0.2) is 0 Å². The average Bonchev–Trinajstić information content (AvgIpc) is 2.41. The van der Waals surface area contributed by atoms with Crippen molar-refractivity contribution >= 4 is 5.84 Å². The Hall–Kier alpha value is -0.0500. The molecule has 0 saturated heterocycles. The van der Waals surface area contributed by atoms with Crippen molar-refractivity contribution in [3.8, 4) is 0 Å².